The highest BCUT2D eigenvalue weighted by Crippen LogP contribution is 2.09. The zero-order chi connectivity index (χ0) is 16.2. The zero-order valence-corrected chi connectivity index (χ0v) is 13.2. The molecule has 3 rings (SSSR count). The monoisotopic (exact) mass is 306 g/mol. The molecule has 0 spiro atoms. The van der Waals surface area contributed by atoms with Crippen LogP contribution >= 0.6 is 0 Å². The third kappa shape index (κ3) is 3.63. The summed E-state index contributed by atoms with van der Waals surface area (Å²) in [5.41, 5.74) is 4.60. The Morgan fingerprint density at radius 1 is 1.00 bits per heavy atom. The molecule has 5 nitrogen and oxygen atoms in total. The third-order valence-corrected chi connectivity index (χ3v) is 3.60. The van der Waals surface area contributed by atoms with Gasteiger partial charge in [0, 0.05) is 6.54 Å². The van der Waals surface area contributed by atoms with Crippen LogP contribution in [0.25, 0.3) is 5.69 Å². The first kappa shape index (κ1) is 15.0. The third-order valence-electron chi connectivity index (χ3n) is 3.60. The minimum absolute atomic E-state index is 0.232. The molecule has 0 atom stereocenters. The fraction of sp³-hybridized carbons (Fsp3) is 0.167. The maximum absolute atomic E-state index is 12.2. The van der Waals surface area contributed by atoms with E-state index < -0.39 is 0 Å². The van der Waals surface area contributed by atoms with Gasteiger partial charge in [-0.05, 0) is 31.5 Å². The molecule has 0 aliphatic carbocycles. The largest absolute Gasteiger partial charge is 0.347 e. The van der Waals surface area contributed by atoms with Gasteiger partial charge in [0.25, 0.3) is 5.91 Å². The lowest BCUT2D eigenvalue weighted by molar-refractivity contribution is 0.0946. The maximum atomic E-state index is 12.2. The molecule has 116 valence electrons. The van der Waals surface area contributed by atoms with E-state index in [1.807, 2.05) is 62.4 Å². The van der Waals surface area contributed by atoms with Crippen LogP contribution in [0.1, 0.15) is 27.2 Å². The topological polar surface area (TPSA) is 59.8 Å². The molecular weight excluding hydrogens is 288 g/mol. The van der Waals surface area contributed by atoms with E-state index in [-0.39, 0.29) is 5.91 Å². The Bertz CT molecular complexity index is 804. The van der Waals surface area contributed by atoms with Crippen LogP contribution < -0.4 is 5.32 Å². The lowest BCUT2D eigenvalue weighted by Gasteiger charge is -2.03. The molecule has 1 N–H and O–H groups in total. The number of nitrogens with one attached hydrogen (secondary N) is 1. The number of aryl methyl sites for hydroxylation is 2. The van der Waals surface area contributed by atoms with Crippen molar-refractivity contribution < 1.29 is 4.79 Å². The molecule has 0 saturated heterocycles. The highest BCUT2D eigenvalue weighted by atomic mass is 16.2. The number of hydrogen-bond donors (Lipinski definition) is 1. The first-order valence-corrected chi connectivity index (χ1v) is 7.45. The molecule has 0 saturated carbocycles. The van der Waals surface area contributed by atoms with Gasteiger partial charge in [0.05, 0.1) is 11.9 Å². The predicted octanol–water partition coefficient (Wildman–Crippen LogP) is 2.81. The van der Waals surface area contributed by atoms with Crippen molar-refractivity contribution in [2.45, 2.75) is 20.4 Å². The summed E-state index contributed by atoms with van der Waals surface area (Å²) in [4.78, 5) is 12.2. The number of benzene rings is 2. The second-order valence-corrected chi connectivity index (χ2v) is 5.55. The minimum Gasteiger partial charge on any atom is -0.347 e. The highest BCUT2D eigenvalue weighted by Gasteiger charge is 2.11. The fourth-order valence-electron chi connectivity index (χ4n) is 2.17. The van der Waals surface area contributed by atoms with Crippen LogP contribution in [-0.2, 0) is 6.54 Å². The van der Waals surface area contributed by atoms with Gasteiger partial charge in [0.15, 0.2) is 5.69 Å². The second kappa shape index (κ2) is 6.44. The summed E-state index contributed by atoms with van der Waals surface area (Å²) in [6, 6.07) is 15.9. The summed E-state index contributed by atoms with van der Waals surface area (Å²) in [5, 5.41) is 10.8. The maximum Gasteiger partial charge on any atom is 0.273 e. The molecule has 23 heavy (non-hydrogen) atoms. The van der Waals surface area contributed by atoms with Crippen LogP contribution in [-0.4, -0.2) is 20.9 Å². The van der Waals surface area contributed by atoms with Crippen LogP contribution in [0.3, 0.4) is 0 Å². The van der Waals surface area contributed by atoms with Crippen LogP contribution in [0.2, 0.25) is 0 Å². The van der Waals surface area contributed by atoms with Gasteiger partial charge in [-0.1, -0.05) is 52.7 Å². The standard InChI is InChI=1S/C18H18N4O/c1-13-3-7-15(8-4-13)11-19-18(23)17-12-22(21-20-17)16-9-5-14(2)6-10-16/h3-10,12H,11H2,1-2H3,(H,19,23). The van der Waals surface area contributed by atoms with Crippen molar-refractivity contribution in [2.75, 3.05) is 0 Å². The molecule has 2 aromatic carbocycles. The molecule has 1 heterocycles. The second-order valence-electron chi connectivity index (χ2n) is 5.55. The van der Waals surface area contributed by atoms with E-state index in [0.717, 1.165) is 11.3 Å². The number of carbonyl (C=O) groups excluding carboxylic acids is 1. The van der Waals surface area contributed by atoms with Crippen LogP contribution in [0, 0.1) is 13.8 Å². The van der Waals surface area contributed by atoms with E-state index >= 15 is 0 Å². The first-order chi connectivity index (χ1) is 11.1. The molecule has 0 aliphatic heterocycles. The summed E-state index contributed by atoms with van der Waals surface area (Å²) in [5.74, 6) is -0.232. The Labute approximate surface area is 135 Å². The lowest BCUT2D eigenvalue weighted by Crippen LogP contribution is -2.23. The molecule has 0 aliphatic rings. The van der Waals surface area contributed by atoms with Crippen molar-refractivity contribution in [2.24, 2.45) is 0 Å². The van der Waals surface area contributed by atoms with Crippen LogP contribution in [0.5, 0.6) is 0 Å². The summed E-state index contributed by atoms with van der Waals surface area (Å²) >= 11 is 0. The number of nitrogens with zero attached hydrogens (tertiary/aromatic N) is 3. The Hall–Kier alpha value is -2.95. The molecule has 0 fully saturated rings. The number of rotatable bonds is 4. The average molecular weight is 306 g/mol. The van der Waals surface area contributed by atoms with Gasteiger partial charge < -0.3 is 5.32 Å². The first-order valence-electron chi connectivity index (χ1n) is 7.45. The fourth-order valence-corrected chi connectivity index (χ4v) is 2.17. The molecule has 3 aromatic rings. The lowest BCUT2D eigenvalue weighted by atomic mass is 10.1. The number of hydrogen-bond acceptors (Lipinski definition) is 3. The number of amides is 1. The van der Waals surface area contributed by atoms with Crippen LogP contribution in [0.15, 0.2) is 54.7 Å². The van der Waals surface area contributed by atoms with Gasteiger partial charge in [0.2, 0.25) is 0 Å². The van der Waals surface area contributed by atoms with E-state index in [1.54, 1.807) is 10.9 Å². The van der Waals surface area contributed by atoms with Crippen LogP contribution in [0.4, 0.5) is 0 Å². The minimum atomic E-state index is -0.232. The van der Waals surface area contributed by atoms with Gasteiger partial charge >= 0.3 is 0 Å². The van der Waals surface area contributed by atoms with E-state index in [9.17, 15) is 4.79 Å². The van der Waals surface area contributed by atoms with Gasteiger partial charge in [0.1, 0.15) is 0 Å². The highest BCUT2D eigenvalue weighted by molar-refractivity contribution is 5.91. The average Bonchev–Trinajstić information content (AvgIpc) is 3.05. The quantitative estimate of drug-likeness (QED) is 0.806. The molecule has 5 heteroatoms. The Kier molecular flexibility index (Phi) is 4.19. The SMILES string of the molecule is Cc1ccc(CNC(=O)c2cn(-c3ccc(C)cc3)nn2)cc1. The van der Waals surface area contributed by atoms with Crippen molar-refractivity contribution >= 4 is 5.91 Å². The smallest absolute Gasteiger partial charge is 0.273 e. The predicted molar refractivity (Wildman–Crippen MR) is 88.4 cm³/mol. The van der Waals surface area contributed by atoms with Gasteiger partial charge in [-0.25, -0.2) is 4.68 Å². The van der Waals surface area contributed by atoms with E-state index in [4.69, 9.17) is 0 Å². The van der Waals surface area contributed by atoms with Crippen molar-refractivity contribution in [3.8, 4) is 5.69 Å². The molecule has 0 bridgehead atoms. The molecule has 0 radical (unpaired) electrons. The number of carbonyl (C=O) groups is 1. The number of aromatic nitrogens is 3. The van der Waals surface area contributed by atoms with E-state index in [1.165, 1.54) is 11.1 Å². The van der Waals surface area contributed by atoms with Crippen molar-refractivity contribution in [1.82, 2.24) is 20.3 Å². The van der Waals surface area contributed by atoms with Gasteiger partial charge in [-0.3, -0.25) is 4.79 Å². The Morgan fingerprint density at radius 2 is 1.61 bits per heavy atom. The molecule has 0 unspecified atom stereocenters. The zero-order valence-electron chi connectivity index (χ0n) is 13.2. The summed E-state index contributed by atoms with van der Waals surface area (Å²) < 4.78 is 1.60. The summed E-state index contributed by atoms with van der Waals surface area (Å²) in [7, 11) is 0. The van der Waals surface area contributed by atoms with Gasteiger partial charge in [-0.15, -0.1) is 5.10 Å². The summed E-state index contributed by atoms with van der Waals surface area (Å²) in [6.45, 7) is 4.53. The van der Waals surface area contributed by atoms with Gasteiger partial charge in [-0.2, -0.15) is 0 Å². The van der Waals surface area contributed by atoms with Crippen molar-refractivity contribution in [1.29, 1.82) is 0 Å². The normalized spacial score (nSPS) is 10.5. The molecular formula is C18H18N4O. The molecule has 1 aromatic heterocycles. The van der Waals surface area contributed by atoms with E-state index in [0.29, 0.717) is 12.2 Å². The van der Waals surface area contributed by atoms with E-state index in [2.05, 4.69) is 15.6 Å². The molecule has 1 amide bonds. The Balaban J connectivity index is 1.66. The van der Waals surface area contributed by atoms with Crippen molar-refractivity contribution in [3.63, 3.8) is 0 Å². The Morgan fingerprint density at radius 3 is 2.26 bits per heavy atom. The van der Waals surface area contributed by atoms with Crippen molar-refractivity contribution in [3.05, 3.63) is 77.1 Å². The summed E-state index contributed by atoms with van der Waals surface area (Å²) in [6.07, 6.45) is 1.63.